The van der Waals surface area contributed by atoms with Gasteiger partial charge in [0.1, 0.15) is 6.33 Å². The molecule has 0 aliphatic heterocycles. The average molecular weight is 407 g/mol. The summed E-state index contributed by atoms with van der Waals surface area (Å²) < 4.78 is 6.74. The van der Waals surface area contributed by atoms with Crippen LogP contribution in [-0.2, 0) is 9.53 Å². The highest BCUT2D eigenvalue weighted by molar-refractivity contribution is 6.02. The van der Waals surface area contributed by atoms with Crippen LogP contribution in [0.5, 0.6) is 0 Å². The van der Waals surface area contributed by atoms with E-state index in [1.54, 1.807) is 62.4 Å². The van der Waals surface area contributed by atoms with Gasteiger partial charge in [0.15, 0.2) is 6.10 Å². The molecule has 154 valence electrons. The number of hydrogen-bond acceptors (Lipinski definition) is 7. The van der Waals surface area contributed by atoms with Crippen molar-refractivity contribution in [2.24, 2.45) is 5.92 Å². The van der Waals surface area contributed by atoms with Gasteiger partial charge in [-0.05, 0) is 59.8 Å². The van der Waals surface area contributed by atoms with E-state index in [0.717, 1.165) is 0 Å². The number of hydrogen-bond donors (Lipinski definition) is 1. The molecule has 1 amide bonds. The number of anilines is 1. The molecule has 1 aromatic heterocycles. The van der Waals surface area contributed by atoms with E-state index >= 15 is 0 Å². The molecule has 3 aromatic rings. The summed E-state index contributed by atoms with van der Waals surface area (Å²) in [5, 5.41) is 13.6. The SMILES string of the molecule is CC(C)C(=O)Nc1ccc(C(=O)C(C)OC(=O)c2cccc(-n3cnnn3)c2)cc1. The number of rotatable bonds is 7. The summed E-state index contributed by atoms with van der Waals surface area (Å²) in [6, 6.07) is 13.0. The van der Waals surface area contributed by atoms with E-state index < -0.39 is 12.1 Å². The minimum Gasteiger partial charge on any atom is -0.451 e. The van der Waals surface area contributed by atoms with Gasteiger partial charge in [0.25, 0.3) is 0 Å². The van der Waals surface area contributed by atoms with Crippen LogP contribution >= 0.6 is 0 Å². The van der Waals surface area contributed by atoms with Gasteiger partial charge in [-0.2, -0.15) is 0 Å². The standard InChI is InChI=1S/C21H21N5O4/c1-13(2)20(28)23-17-9-7-15(8-10-17)19(27)14(3)30-21(29)16-5-4-6-18(11-16)26-12-22-24-25-26/h4-14H,1-3H3,(H,23,28). The van der Waals surface area contributed by atoms with E-state index in [0.29, 0.717) is 16.9 Å². The third kappa shape index (κ3) is 4.93. The lowest BCUT2D eigenvalue weighted by atomic mass is 10.1. The van der Waals surface area contributed by atoms with Crippen LogP contribution in [0.15, 0.2) is 54.9 Å². The Labute approximate surface area is 173 Å². The number of aromatic nitrogens is 4. The largest absolute Gasteiger partial charge is 0.451 e. The number of Topliss-reactive ketones (excluding diaryl/α,β-unsaturated/α-hetero) is 1. The number of tetrazole rings is 1. The molecule has 30 heavy (non-hydrogen) atoms. The highest BCUT2D eigenvalue weighted by Gasteiger charge is 2.21. The Kier molecular flexibility index (Phi) is 6.31. The number of benzene rings is 2. The Bertz CT molecular complexity index is 1050. The lowest BCUT2D eigenvalue weighted by Crippen LogP contribution is -2.24. The van der Waals surface area contributed by atoms with Crippen LogP contribution < -0.4 is 5.32 Å². The maximum atomic E-state index is 12.6. The van der Waals surface area contributed by atoms with Crippen molar-refractivity contribution in [3.05, 3.63) is 66.0 Å². The van der Waals surface area contributed by atoms with Gasteiger partial charge in [-0.1, -0.05) is 19.9 Å². The van der Waals surface area contributed by atoms with Crippen LogP contribution in [0.25, 0.3) is 5.69 Å². The smallest absolute Gasteiger partial charge is 0.338 e. The first-order valence-corrected chi connectivity index (χ1v) is 9.34. The molecule has 0 spiro atoms. The molecule has 0 aliphatic rings. The Balaban J connectivity index is 1.65. The molecule has 1 heterocycles. The molecule has 0 saturated heterocycles. The van der Waals surface area contributed by atoms with Crippen molar-refractivity contribution in [2.75, 3.05) is 5.32 Å². The van der Waals surface area contributed by atoms with E-state index in [1.165, 1.54) is 17.9 Å². The zero-order valence-electron chi connectivity index (χ0n) is 16.8. The third-order valence-corrected chi connectivity index (χ3v) is 4.31. The Morgan fingerprint density at radius 2 is 1.73 bits per heavy atom. The molecule has 1 N–H and O–H groups in total. The highest BCUT2D eigenvalue weighted by atomic mass is 16.5. The fourth-order valence-corrected chi connectivity index (χ4v) is 2.58. The molecule has 1 atom stereocenters. The predicted octanol–water partition coefficient (Wildman–Crippen LogP) is 2.69. The summed E-state index contributed by atoms with van der Waals surface area (Å²) >= 11 is 0. The van der Waals surface area contributed by atoms with E-state index in [4.69, 9.17) is 4.74 Å². The summed E-state index contributed by atoms with van der Waals surface area (Å²) in [6.07, 6.45) is 0.425. The number of nitrogens with zero attached hydrogens (tertiary/aromatic N) is 4. The number of ketones is 1. The highest BCUT2D eigenvalue weighted by Crippen LogP contribution is 2.15. The van der Waals surface area contributed by atoms with Crippen LogP contribution in [0.3, 0.4) is 0 Å². The van der Waals surface area contributed by atoms with Gasteiger partial charge in [-0.15, -0.1) is 5.10 Å². The van der Waals surface area contributed by atoms with E-state index in [9.17, 15) is 14.4 Å². The average Bonchev–Trinajstić information content (AvgIpc) is 3.28. The topological polar surface area (TPSA) is 116 Å². The molecule has 0 saturated carbocycles. The van der Waals surface area contributed by atoms with Gasteiger partial charge in [0.2, 0.25) is 11.7 Å². The molecule has 9 heteroatoms. The fourth-order valence-electron chi connectivity index (χ4n) is 2.58. The van der Waals surface area contributed by atoms with Crippen LogP contribution in [0.4, 0.5) is 5.69 Å². The minimum atomic E-state index is -0.981. The summed E-state index contributed by atoms with van der Waals surface area (Å²) in [7, 11) is 0. The van der Waals surface area contributed by atoms with Crippen LogP contribution in [0.1, 0.15) is 41.5 Å². The number of ether oxygens (including phenoxy) is 1. The summed E-state index contributed by atoms with van der Waals surface area (Å²) in [5.41, 5.74) is 1.83. The van der Waals surface area contributed by atoms with Crippen molar-refractivity contribution < 1.29 is 19.1 Å². The van der Waals surface area contributed by atoms with Crippen molar-refractivity contribution in [2.45, 2.75) is 26.9 Å². The van der Waals surface area contributed by atoms with Gasteiger partial charge < -0.3 is 10.1 Å². The number of esters is 1. The molecule has 9 nitrogen and oxygen atoms in total. The first-order valence-electron chi connectivity index (χ1n) is 9.34. The van der Waals surface area contributed by atoms with Crippen molar-refractivity contribution in [1.82, 2.24) is 20.2 Å². The molecule has 3 rings (SSSR count). The number of carbonyl (C=O) groups excluding carboxylic acids is 3. The second-order valence-electron chi connectivity index (χ2n) is 6.94. The molecule has 0 aliphatic carbocycles. The maximum absolute atomic E-state index is 12.6. The monoisotopic (exact) mass is 407 g/mol. The second kappa shape index (κ2) is 9.08. The maximum Gasteiger partial charge on any atom is 0.338 e. The number of nitrogens with one attached hydrogen (secondary N) is 1. The quantitative estimate of drug-likeness (QED) is 0.473. The van der Waals surface area contributed by atoms with Crippen molar-refractivity contribution in [1.29, 1.82) is 0 Å². The van der Waals surface area contributed by atoms with Crippen molar-refractivity contribution in [3.63, 3.8) is 0 Å². The fraction of sp³-hybridized carbons (Fsp3) is 0.238. The molecule has 0 fully saturated rings. The van der Waals surface area contributed by atoms with Gasteiger partial charge >= 0.3 is 5.97 Å². The molecule has 0 bridgehead atoms. The van der Waals surface area contributed by atoms with Crippen LogP contribution in [0, 0.1) is 5.92 Å². The predicted molar refractivity (Wildman–Crippen MR) is 108 cm³/mol. The minimum absolute atomic E-state index is 0.111. The Morgan fingerprint density at radius 3 is 2.37 bits per heavy atom. The van der Waals surface area contributed by atoms with Crippen molar-refractivity contribution in [3.8, 4) is 5.69 Å². The molecule has 1 unspecified atom stereocenters. The van der Waals surface area contributed by atoms with Crippen molar-refractivity contribution >= 4 is 23.3 Å². The van der Waals surface area contributed by atoms with E-state index in [2.05, 4.69) is 20.8 Å². The zero-order chi connectivity index (χ0) is 21.7. The molecule has 0 radical (unpaired) electrons. The van der Waals surface area contributed by atoms with E-state index in [-0.39, 0.29) is 23.2 Å². The third-order valence-electron chi connectivity index (χ3n) is 4.31. The second-order valence-corrected chi connectivity index (χ2v) is 6.94. The van der Waals surface area contributed by atoms with Gasteiger partial charge in [0.05, 0.1) is 11.3 Å². The van der Waals surface area contributed by atoms with Gasteiger partial charge in [-0.3, -0.25) is 9.59 Å². The van der Waals surface area contributed by atoms with Gasteiger partial charge in [-0.25, -0.2) is 9.48 Å². The number of carbonyl (C=O) groups is 3. The normalized spacial score (nSPS) is 11.7. The van der Waals surface area contributed by atoms with Crippen LogP contribution in [-0.4, -0.2) is 44.0 Å². The number of amides is 1. The zero-order valence-corrected chi connectivity index (χ0v) is 16.8. The van der Waals surface area contributed by atoms with E-state index in [1.807, 2.05) is 0 Å². The first kappa shape index (κ1) is 20.8. The van der Waals surface area contributed by atoms with Crippen LogP contribution in [0.2, 0.25) is 0 Å². The lowest BCUT2D eigenvalue weighted by Gasteiger charge is -2.13. The molecular formula is C21H21N5O4. The van der Waals surface area contributed by atoms with Gasteiger partial charge in [0, 0.05) is 17.2 Å². The Hall–Kier alpha value is -3.88. The summed E-state index contributed by atoms with van der Waals surface area (Å²) in [4.78, 5) is 36.8. The Morgan fingerprint density at radius 1 is 1.00 bits per heavy atom. The summed E-state index contributed by atoms with van der Waals surface area (Å²) in [6.45, 7) is 5.10. The molecular weight excluding hydrogens is 386 g/mol. The molecule has 2 aromatic carbocycles. The summed E-state index contributed by atoms with van der Waals surface area (Å²) in [5.74, 6) is -1.24. The lowest BCUT2D eigenvalue weighted by molar-refractivity contribution is -0.118. The first-order chi connectivity index (χ1) is 14.3.